The maximum Gasteiger partial charge on any atom is 0.223 e. The Kier molecular flexibility index (Phi) is 6.50. The Hall–Kier alpha value is -1.92. The number of amides is 2. The monoisotopic (exact) mass is 373 g/mol. The number of piperidine rings is 1. The van der Waals surface area contributed by atoms with Gasteiger partial charge in [-0.2, -0.15) is 0 Å². The smallest absolute Gasteiger partial charge is 0.223 e. The summed E-state index contributed by atoms with van der Waals surface area (Å²) in [5, 5.41) is 0. The highest BCUT2D eigenvalue weighted by molar-refractivity contribution is 5.81. The zero-order valence-electron chi connectivity index (χ0n) is 16.2. The summed E-state index contributed by atoms with van der Waals surface area (Å²) in [6.07, 6.45) is 3.62. The van der Waals surface area contributed by atoms with E-state index in [0.717, 1.165) is 45.4 Å². The van der Waals surface area contributed by atoms with Crippen molar-refractivity contribution in [3.05, 3.63) is 35.9 Å². The number of ether oxygens (including phenoxy) is 1. The molecular formula is C21H31N3O3. The minimum absolute atomic E-state index is 0.203. The fraction of sp³-hybridized carbons (Fsp3) is 0.619. The van der Waals surface area contributed by atoms with E-state index >= 15 is 0 Å². The second-order valence-corrected chi connectivity index (χ2v) is 7.86. The fourth-order valence-corrected chi connectivity index (χ4v) is 4.18. The number of carbonyl (C=O) groups excluding carboxylic acids is 2. The summed E-state index contributed by atoms with van der Waals surface area (Å²) < 4.78 is 5.16. The molecule has 2 aliphatic heterocycles. The van der Waals surface area contributed by atoms with Gasteiger partial charge in [0.05, 0.1) is 5.41 Å². The molecule has 2 amide bonds. The van der Waals surface area contributed by atoms with Crippen molar-refractivity contribution < 1.29 is 14.3 Å². The number of likely N-dealkylation sites (tertiary alicyclic amines) is 2. The van der Waals surface area contributed by atoms with Gasteiger partial charge in [-0.1, -0.05) is 30.3 Å². The number of hydrogen-bond donors (Lipinski definition) is 1. The van der Waals surface area contributed by atoms with Crippen molar-refractivity contribution in [1.82, 2.24) is 9.80 Å². The number of methoxy groups -OCH3 is 1. The third-order valence-electron chi connectivity index (χ3n) is 6.26. The first-order valence-electron chi connectivity index (χ1n) is 9.89. The van der Waals surface area contributed by atoms with Gasteiger partial charge in [-0.3, -0.25) is 14.5 Å². The summed E-state index contributed by atoms with van der Waals surface area (Å²) in [5.74, 6) is 0.0317. The average molecular weight is 373 g/mol. The Bertz CT molecular complexity index is 635. The molecule has 3 rings (SSSR count). The van der Waals surface area contributed by atoms with Crippen LogP contribution in [-0.2, 0) is 20.7 Å². The van der Waals surface area contributed by atoms with Crippen LogP contribution in [0.3, 0.4) is 0 Å². The summed E-state index contributed by atoms with van der Waals surface area (Å²) in [6.45, 7) is 3.90. The van der Waals surface area contributed by atoms with Gasteiger partial charge in [-0.15, -0.1) is 0 Å². The summed E-state index contributed by atoms with van der Waals surface area (Å²) in [4.78, 5) is 28.7. The van der Waals surface area contributed by atoms with Crippen molar-refractivity contribution in [2.75, 3.05) is 39.9 Å². The van der Waals surface area contributed by atoms with E-state index in [2.05, 4.69) is 17.0 Å². The number of primary amides is 1. The molecule has 2 fully saturated rings. The molecule has 2 aliphatic rings. The normalized spacial score (nSPS) is 20.3. The van der Waals surface area contributed by atoms with Crippen LogP contribution in [0.1, 0.15) is 31.2 Å². The van der Waals surface area contributed by atoms with Crippen LogP contribution in [0.4, 0.5) is 0 Å². The number of hydrogen-bond acceptors (Lipinski definition) is 4. The number of carbonyl (C=O) groups is 2. The van der Waals surface area contributed by atoms with E-state index in [1.54, 1.807) is 7.11 Å². The molecule has 2 N–H and O–H groups in total. The minimum Gasteiger partial charge on any atom is -0.385 e. The number of aryl methyl sites for hydroxylation is 1. The maximum atomic E-state index is 12.4. The van der Waals surface area contributed by atoms with Gasteiger partial charge >= 0.3 is 0 Å². The molecule has 0 radical (unpaired) electrons. The van der Waals surface area contributed by atoms with Gasteiger partial charge in [0.25, 0.3) is 0 Å². The molecule has 0 saturated carbocycles. The lowest BCUT2D eigenvalue weighted by Crippen LogP contribution is -2.63. The lowest BCUT2D eigenvalue weighted by molar-refractivity contribution is -0.140. The van der Waals surface area contributed by atoms with Gasteiger partial charge in [-0.05, 0) is 44.3 Å². The number of nitrogens with two attached hydrogens (primary N) is 1. The van der Waals surface area contributed by atoms with Crippen molar-refractivity contribution in [3.63, 3.8) is 0 Å². The van der Waals surface area contributed by atoms with Gasteiger partial charge in [0.15, 0.2) is 0 Å². The van der Waals surface area contributed by atoms with Gasteiger partial charge in [0.1, 0.15) is 0 Å². The first-order chi connectivity index (χ1) is 13.0. The highest BCUT2D eigenvalue weighted by Crippen LogP contribution is 2.36. The molecule has 0 aliphatic carbocycles. The van der Waals surface area contributed by atoms with Crippen molar-refractivity contribution >= 4 is 11.8 Å². The molecular weight excluding hydrogens is 342 g/mol. The summed E-state index contributed by atoms with van der Waals surface area (Å²) >= 11 is 0. The molecule has 0 aromatic heterocycles. The van der Waals surface area contributed by atoms with E-state index in [4.69, 9.17) is 10.5 Å². The SMILES string of the molecule is COCCC1(C(N)=O)CCN(C2CN(C(=O)CCc3ccccc3)C2)CC1. The quantitative estimate of drug-likeness (QED) is 0.748. The first kappa shape index (κ1) is 19.8. The van der Waals surface area contributed by atoms with Gasteiger partial charge in [-0.25, -0.2) is 0 Å². The molecule has 0 bridgehead atoms. The Morgan fingerprint density at radius 2 is 1.85 bits per heavy atom. The van der Waals surface area contributed by atoms with Crippen LogP contribution < -0.4 is 5.73 Å². The third-order valence-corrected chi connectivity index (χ3v) is 6.26. The number of nitrogens with zero attached hydrogens (tertiary/aromatic N) is 2. The van der Waals surface area contributed by atoms with E-state index in [-0.39, 0.29) is 11.8 Å². The molecule has 27 heavy (non-hydrogen) atoms. The second kappa shape index (κ2) is 8.85. The lowest BCUT2D eigenvalue weighted by atomic mass is 9.74. The van der Waals surface area contributed by atoms with Gasteiger partial charge in [0, 0.05) is 39.3 Å². The first-order valence-corrected chi connectivity index (χ1v) is 9.89. The standard InChI is InChI=1S/C21H31N3O3/c1-27-14-11-21(20(22)26)9-12-23(13-10-21)18-15-24(16-18)19(25)8-7-17-5-3-2-4-6-17/h2-6,18H,7-16H2,1H3,(H2,22,26). The largest absolute Gasteiger partial charge is 0.385 e. The maximum absolute atomic E-state index is 12.4. The van der Waals surface area contributed by atoms with Crippen LogP contribution in [0.5, 0.6) is 0 Å². The Morgan fingerprint density at radius 1 is 1.19 bits per heavy atom. The van der Waals surface area contributed by atoms with E-state index < -0.39 is 5.41 Å². The highest BCUT2D eigenvalue weighted by atomic mass is 16.5. The number of benzene rings is 1. The van der Waals surface area contributed by atoms with E-state index in [1.165, 1.54) is 5.56 Å². The summed E-state index contributed by atoms with van der Waals surface area (Å²) in [6, 6.07) is 10.6. The summed E-state index contributed by atoms with van der Waals surface area (Å²) in [7, 11) is 1.65. The van der Waals surface area contributed by atoms with Crippen molar-refractivity contribution in [2.45, 2.75) is 38.1 Å². The topological polar surface area (TPSA) is 75.9 Å². The van der Waals surface area contributed by atoms with Crippen LogP contribution in [0.2, 0.25) is 0 Å². The van der Waals surface area contributed by atoms with Gasteiger partial charge < -0.3 is 15.4 Å². The fourth-order valence-electron chi connectivity index (χ4n) is 4.18. The van der Waals surface area contributed by atoms with Crippen LogP contribution in [0.15, 0.2) is 30.3 Å². The molecule has 0 spiro atoms. The predicted molar refractivity (Wildman–Crippen MR) is 104 cm³/mol. The van der Waals surface area contributed by atoms with E-state index in [1.807, 2.05) is 23.1 Å². The summed E-state index contributed by atoms with van der Waals surface area (Å²) in [5.41, 5.74) is 6.47. The van der Waals surface area contributed by atoms with Crippen LogP contribution >= 0.6 is 0 Å². The van der Waals surface area contributed by atoms with E-state index in [0.29, 0.717) is 25.5 Å². The molecule has 1 aromatic carbocycles. The molecule has 148 valence electrons. The number of rotatable bonds is 8. The van der Waals surface area contributed by atoms with Crippen LogP contribution in [-0.4, -0.2) is 67.6 Å². The zero-order chi connectivity index (χ0) is 19.3. The molecule has 2 heterocycles. The Labute approximate surface area is 161 Å². The molecule has 2 saturated heterocycles. The average Bonchev–Trinajstić information content (AvgIpc) is 2.65. The Morgan fingerprint density at radius 3 is 2.44 bits per heavy atom. The van der Waals surface area contributed by atoms with Crippen molar-refractivity contribution in [3.8, 4) is 0 Å². The van der Waals surface area contributed by atoms with Crippen molar-refractivity contribution in [2.24, 2.45) is 11.1 Å². The predicted octanol–water partition coefficient (Wildman–Crippen LogP) is 1.43. The van der Waals surface area contributed by atoms with Crippen LogP contribution in [0, 0.1) is 5.41 Å². The second-order valence-electron chi connectivity index (χ2n) is 7.86. The molecule has 6 nitrogen and oxygen atoms in total. The lowest BCUT2D eigenvalue weighted by Gasteiger charge is -2.49. The third kappa shape index (κ3) is 4.68. The highest BCUT2D eigenvalue weighted by Gasteiger charge is 2.43. The van der Waals surface area contributed by atoms with Crippen LogP contribution in [0.25, 0.3) is 0 Å². The molecule has 0 unspecified atom stereocenters. The molecule has 6 heteroatoms. The Balaban J connectivity index is 1.41. The zero-order valence-corrected chi connectivity index (χ0v) is 16.2. The molecule has 1 aromatic rings. The van der Waals surface area contributed by atoms with E-state index in [9.17, 15) is 9.59 Å². The van der Waals surface area contributed by atoms with Crippen molar-refractivity contribution in [1.29, 1.82) is 0 Å². The minimum atomic E-state index is -0.429. The molecule has 0 atom stereocenters. The van der Waals surface area contributed by atoms with Gasteiger partial charge in [0.2, 0.25) is 11.8 Å².